The van der Waals surface area contributed by atoms with Crippen molar-refractivity contribution in [1.29, 1.82) is 0 Å². The summed E-state index contributed by atoms with van der Waals surface area (Å²) < 4.78 is 69.9. The SMILES string of the molecule is CC1C(F)=c2[nH]cc(-c3nc(NC4C5CCC(CC5)C4C(=O)O)c4ccc(C(F)(F)F)cc4n3)c2=CC1F. The molecular formula is C27H25F5N4O2. The van der Waals surface area contributed by atoms with E-state index in [0.717, 1.165) is 37.8 Å². The molecule has 3 aromatic rings. The van der Waals surface area contributed by atoms with E-state index in [0.29, 0.717) is 5.39 Å². The van der Waals surface area contributed by atoms with E-state index in [1.807, 2.05) is 0 Å². The molecule has 0 radical (unpaired) electrons. The number of nitrogens with one attached hydrogen (secondary N) is 2. The number of hydrogen-bond acceptors (Lipinski definition) is 4. The van der Waals surface area contributed by atoms with Crippen LogP contribution in [-0.4, -0.2) is 38.2 Å². The molecule has 6 nitrogen and oxygen atoms in total. The standard InChI is InChI=1S/C27H25F5N4O2/c1-11-18(28)9-16-17(10-33-23(16)21(11)29)25-34-19-8-14(27(30,31)32)6-7-15(19)24(36-25)35-22-13-4-2-12(3-5-13)20(22)26(37)38/h6-13,18,20,22,33H,2-5H2,1H3,(H,37,38)(H,34,35,36). The number of aromatic nitrogens is 3. The summed E-state index contributed by atoms with van der Waals surface area (Å²) in [5.74, 6) is -2.95. The third kappa shape index (κ3) is 3.94. The van der Waals surface area contributed by atoms with Crippen molar-refractivity contribution >= 4 is 34.6 Å². The Kier molecular flexibility index (Phi) is 5.73. The molecule has 38 heavy (non-hydrogen) atoms. The van der Waals surface area contributed by atoms with E-state index >= 15 is 0 Å². The highest BCUT2D eigenvalue weighted by atomic mass is 19.4. The van der Waals surface area contributed by atoms with Gasteiger partial charge < -0.3 is 15.4 Å². The third-order valence-corrected chi connectivity index (χ3v) is 8.44. The van der Waals surface area contributed by atoms with Crippen molar-refractivity contribution in [3.63, 3.8) is 0 Å². The van der Waals surface area contributed by atoms with Gasteiger partial charge in [-0.15, -0.1) is 0 Å². The average Bonchev–Trinajstić information content (AvgIpc) is 3.30. The Bertz CT molecular complexity index is 1560. The first-order chi connectivity index (χ1) is 18.0. The van der Waals surface area contributed by atoms with Gasteiger partial charge in [-0.3, -0.25) is 4.79 Å². The van der Waals surface area contributed by atoms with Crippen LogP contribution in [0.15, 0.2) is 24.4 Å². The summed E-state index contributed by atoms with van der Waals surface area (Å²) in [6.07, 6.45) is -0.199. The van der Waals surface area contributed by atoms with Gasteiger partial charge in [0.15, 0.2) is 5.82 Å². The first-order valence-corrected chi connectivity index (χ1v) is 12.6. The van der Waals surface area contributed by atoms with Gasteiger partial charge in [-0.2, -0.15) is 13.2 Å². The fraction of sp³-hybridized carbons (Fsp3) is 0.444. The van der Waals surface area contributed by atoms with Crippen LogP contribution < -0.4 is 15.9 Å². The highest BCUT2D eigenvalue weighted by Crippen LogP contribution is 2.47. The highest BCUT2D eigenvalue weighted by molar-refractivity contribution is 5.91. The zero-order valence-corrected chi connectivity index (χ0v) is 20.3. The van der Waals surface area contributed by atoms with Crippen molar-refractivity contribution in [2.45, 2.75) is 51.0 Å². The van der Waals surface area contributed by atoms with Crippen molar-refractivity contribution in [2.24, 2.45) is 23.7 Å². The van der Waals surface area contributed by atoms with Gasteiger partial charge in [-0.05, 0) is 61.8 Å². The minimum absolute atomic E-state index is 0.00712. The van der Waals surface area contributed by atoms with Crippen LogP contribution in [-0.2, 0) is 11.0 Å². The number of aromatic amines is 1. The molecular weight excluding hydrogens is 507 g/mol. The minimum Gasteiger partial charge on any atom is -0.481 e. The van der Waals surface area contributed by atoms with Gasteiger partial charge in [0, 0.05) is 34.3 Å². The number of aliphatic carboxylic acids is 1. The first kappa shape index (κ1) is 24.8. The Morgan fingerprint density at radius 3 is 2.53 bits per heavy atom. The number of halogens is 5. The lowest BCUT2D eigenvalue weighted by molar-refractivity contribution is -0.148. The summed E-state index contributed by atoms with van der Waals surface area (Å²) in [7, 11) is 0. The maximum atomic E-state index is 14.8. The van der Waals surface area contributed by atoms with Gasteiger partial charge in [0.1, 0.15) is 17.8 Å². The molecule has 0 spiro atoms. The quantitative estimate of drug-likeness (QED) is 0.421. The van der Waals surface area contributed by atoms with Gasteiger partial charge in [0.2, 0.25) is 0 Å². The summed E-state index contributed by atoms with van der Waals surface area (Å²) in [6.45, 7) is 1.42. The maximum Gasteiger partial charge on any atom is 0.416 e. The summed E-state index contributed by atoms with van der Waals surface area (Å²) >= 11 is 0. The molecule has 4 unspecified atom stereocenters. The lowest BCUT2D eigenvalue weighted by atomic mass is 9.61. The molecule has 0 amide bonds. The first-order valence-electron chi connectivity index (χ1n) is 12.6. The van der Waals surface area contributed by atoms with Crippen molar-refractivity contribution < 1.29 is 31.9 Å². The van der Waals surface area contributed by atoms with Gasteiger partial charge in [0.05, 0.1) is 22.3 Å². The lowest BCUT2D eigenvalue weighted by Crippen LogP contribution is -2.51. The number of hydrogen-bond donors (Lipinski definition) is 3. The van der Waals surface area contributed by atoms with Crippen molar-refractivity contribution in [1.82, 2.24) is 15.0 Å². The molecule has 0 aliphatic heterocycles. The van der Waals surface area contributed by atoms with Crippen molar-refractivity contribution in [2.75, 3.05) is 5.32 Å². The maximum absolute atomic E-state index is 14.8. The molecule has 3 saturated carbocycles. The van der Waals surface area contributed by atoms with E-state index in [1.165, 1.54) is 25.3 Å². The van der Waals surface area contributed by atoms with Crippen LogP contribution >= 0.6 is 0 Å². The second kappa shape index (κ2) is 8.78. The topological polar surface area (TPSA) is 90.9 Å². The smallest absolute Gasteiger partial charge is 0.416 e. The predicted octanol–water partition coefficient (Wildman–Crippen LogP) is 4.79. The van der Waals surface area contributed by atoms with Gasteiger partial charge >= 0.3 is 12.1 Å². The molecule has 200 valence electrons. The van der Waals surface area contributed by atoms with Crippen molar-refractivity contribution in [3.8, 4) is 11.4 Å². The van der Waals surface area contributed by atoms with E-state index < -0.39 is 47.6 Å². The Morgan fingerprint density at radius 1 is 1.13 bits per heavy atom. The Balaban J connectivity index is 1.53. The predicted molar refractivity (Wildman–Crippen MR) is 131 cm³/mol. The zero-order valence-electron chi connectivity index (χ0n) is 20.3. The Hall–Kier alpha value is -3.50. The second-order valence-electron chi connectivity index (χ2n) is 10.6. The number of fused-ring (bicyclic) bond motifs is 5. The van der Waals surface area contributed by atoms with Crippen LogP contribution in [0.4, 0.5) is 27.8 Å². The zero-order chi connectivity index (χ0) is 26.9. The van der Waals surface area contributed by atoms with Crippen LogP contribution in [0, 0.1) is 23.7 Å². The molecule has 2 aromatic heterocycles. The average molecular weight is 533 g/mol. The second-order valence-corrected chi connectivity index (χ2v) is 10.6. The van der Waals surface area contributed by atoms with E-state index in [9.17, 15) is 31.9 Å². The van der Waals surface area contributed by atoms with E-state index in [1.54, 1.807) is 0 Å². The number of carboxylic acid groups (broad SMARTS) is 1. The fourth-order valence-electron chi connectivity index (χ4n) is 6.37. The third-order valence-electron chi connectivity index (χ3n) is 8.44. The van der Waals surface area contributed by atoms with Gasteiger partial charge in [-0.1, -0.05) is 6.92 Å². The van der Waals surface area contributed by atoms with Gasteiger partial charge in [-0.25, -0.2) is 18.7 Å². The number of carbonyl (C=O) groups is 1. The number of anilines is 1. The molecule has 3 fully saturated rings. The highest BCUT2D eigenvalue weighted by Gasteiger charge is 2.47. The van der Waals surface area contributed by atoms with Gasteiger partial charge in [0.25, 0.3) is 0 Å². The van der Waals surface area contributed by atoms with E-state index in [2.05, 4.69) is 20.3 Å². The fourth-order valence-corrected chi connectivity index (χ4v) is 6.37. The molecule has 7 rings (SSSR count). The molecule has 4 aliphatic rings. The monoisotopic (exact) mass is 532 g/mol. The molecule has 3 N–H and O–H groups in total. The molecule has 11 heteroatoms. The van der Waals surface area contributed by atoms with Crippen molar-refractivity contribution in [3.05, 3.63) is 40.5 Å². The number of alkyl halides is 4. The minimum atomic E-state index is -4.61. The molecule has 0 saturated heterocycles. The largest absolute Gasteiger partial charge is 0.481 e. The molecule has 2 heterocycles. The summed E-state index contributed by atoms with van der Waals surface area (Å²) in [5, 5.41) is 13.8. The van der Waals surface area contributed by atoms with E-state index in [4.69, 9.17) is 0 Å². The van der Waals surface area contributed by atoms with Crippen LogP contribution in [0.1, 0.15) is 38.2 Å². The number of H-pyrrole nitrogens is 1. The summed E-state index contributed by atoms with van der Waals surface area (Å²) in [6, 6.07) is 2.65. The number of rotatable bonds is 4. The normalized spacial score (nSPS) is 28.7. The molecule has 4 atom stereocenters. The number of carboxylic acids is 1. The Morgan fingerprint density at radius 2 is 1.84 bits per heavy atom. The van der Waals surface area contributed by atoms with Crippen LogP contribution in [0.2, 0.25) is 0 Å². The molecule has 4 aliphatic carbocycles. The number of benzene rings is 1. The van der Waals surface area contributed by atoms with Crippen LogP contribution in [0.5, 0.6) is 0 Å². The summed E-state index contributed by atoms with van der Waals surface area (Å²) in [4.78, 5) is 23.9. The van der Waals surface area contributed by atoms with Crippen LogP contribution in [0.3, 0.4) is 0 Å². The number of nitrogens with zero attached hydrogens (tertiary/aromatic N) is 2. The Labute approximate surface area is 213 Å². The lowest BCUT2D eigenvalue weighted by Gasteiger charge is -2.47. The molecule has 2 bridgehead atoms. The van der Waals surface area contributed by atoms with E-state index in [-0.39, 0.29) is 45.1 Å². The van der Waals surface area contributed by atoms with Crippen LogP contribution in [0.25, 0.3) is 34.2 Å². The molecule has 1 aromatic carbocycles. The summed E-state index contributed by atoms with van der Waals surface area (Å²) in [5.41, 5.74) is -0.673.